The summed E-state index contributed by atoms with van der Waals surface area (Å²) in [6.45, 7) is 0. The van der Waals surface area contributed by atoms with Crippen molar-refractivity contribution in [3.8, 4) is 5.75 Å². The van der Waals surface area contributed by atoms with Gasteiger partial charge in [0.2, 0.25) is 0 Å². The van der Waals surface area contributed by atoms with E-state index in [0.29, 0.717) is 10.8 Å². The van der Waals surface area contributed by atoms with E-state index in [1.54, 1.807) is 18.3 Å². The van der Waals surface area contributed by atoms with Crippen molar-refractivity contribution in [2.24, 2.45) is 0 Å². The quantitative estimate of drug-likeness (QED) is 0.757. The predicted octanol–water partition coefficient (Wildman–Crippen LogP) is 4.09. The lowest BCUT2D eigenvalue weighted by Gasteiger charge is -2.04. The number of hydrogen-bond donors (Lipinski definition) is 2. The van der Waals surface area contributed by atoms with Gasteiger partial charge in [-0.05, 0) is 35.9 Å². The van der Waals surface area contributed by atoms with E-state index in [1.165, 1.54) is 11.8 Å². The van der Waals surface area contributed by atoms with Crippen molar-refractivity contribution >= 4 is 29.7 Å². The highest BCUT2D eigenvalue weighted by Crippen LogP contribution is 2.29. The predicted molar refractivity (Wildman–Crippen MR) is 94.0 cm³/mol. The van der Waals surface area contributed by atoms with Crippen LogP contribution < -0.4 is 5.73 Å². The Morgan fingerprint density at radius 2 is 1.70 bits per heavy atom. The van der Waals surface area contributed by atoms with E-state index < -0.39 is 0 Å². The first kappa shape index (κ1) is 15.1. The zero-order chi connectivity index (χ0) is 16.1. The number of nitrogens with zero attached hydrogens (tertiary/aromatic N) is 2. The minimum atomic E-state index is 0.246. The van der Waals surface area contributed by atoms with Gasteiger partial charge in [0.25, 0.3) is 0 Å². The molecule has 5 heteroatoms. The lowest BCUT2D eigenvalue weighted by atomic mass is 10.2. The first-order valence-electron chi connectivity index (χ1n) is 7.03. The summed E-state index contributed by atoms with van der Waals surface area (Å²) < 4.78 is 0. The van der Waals surface area contributed by atoms with Gasteiger partial charge in [-0.3, -0.25) is 0 Å². The third-order valence-electron chi connectivity index (χ3n) is 3.08. The summed E-state index contributed by atoms with van der Waals surface area (Å²) in [6.07, 6.45) is 5.42. The maximum atomic E-state index is 9.29. The van der Waals surface area contributed by atoms with E-state index in [0.717, 1.165) is 16.2 Å². The number of benzene rings is 2. The van der Waals surface area contributed by atoms with Crippen LogP contribution in [0.25, 0.3) is 12.2 Å². The lowest BCUT2D eigenvalue weighted by molar-refractivity contribution is 0.475. The topological polar surface area (TPSA) is 72.0 Å². The third kappa shape index (κ3) is 4.11. The fourth-order valence-electron chi connectivity index (χ4n) is 1.92. The molecule has 0 amide bonds. The van der Waals surface area contributed by atoms with Crippen molar-refractivity contribution < 1.29 is 5.11 Å². The molecule has 0 bridgehead atoms. The van der Waals surface area contributed by atoms with Crippen LogP contribution in [0, 0.1) is 0 Å². The second kappa shape index (κ2) is 6.98. The van der Waals surface area contributed by atoms with Gasteiger partial charge >= 0.3 is 0 Å². The Bertz CT molecular complexity index is 817. The van der Waals surface area contributed by atoms with E-state index in [9.17, 15) is 5.11 Å². The molecule has 0 saturated carbocycles. The number of phenolic OH excluding ortho intramolecular Hbond substituents is 1. The largest absolute Gasteiger partial charge is 0.508 e. The van der Waals surface area contributed by atoms with Gasteiger partial charge in [0, 0.05) is 4.90 Å². The second-order valence-electron chi connectivity index (χ2n) is 4.83. The average molecular weight is 321 g/mol. The number of rotatable bonds is 4. The normalized spacial score (nSPS) is 11.0. The molecule has 0 saturated heterocycles. The third-order valence-corrected chi connectivity index (χ3v) is 4.08. The molecule has 0 spiro atoms. The molecule has 23 heavy (non-hydrogen) atoms. The van der Waals surface area contributed by atoms with Crippen LogP contribution in [0.5, 0.6) is 5.75 Å². The smallest absolute Gasteiger partial charge is 0.156 e. The van der Waals surface area contributed by atoms with Gasteiger partial charge < -0.3 is 10.8 Å². The fraction of sp³-hybridized carbons (Fsp3) is 0. The molecule has 3 rings (SSSR count). The number of phenols is 1. The number of aromatic nitrogens is 2. The highest BCUT2D eigenvalue weighted by atomic mass is 32.2. The molecule has 0 radical (unpaired) electrons. The van der Waals surface area contributed by atoms with E-state index in [1.807, 2.05) is 54.6 Å². The van der Waals surface area contributed by atoms with E-state index in [2.05, 4.69) is 9.97 Å². The molecule has 0 aliphatic rings. The van der Waals surface area contributed by atoms with Crippen LogP contribution in [-0.2, 0) is 0 Å². The first-order chi connectivity index (χ1) is 11.2. The van der Waals surface area contributed by atoms with Gasteiger partial charge in [-0.25, -0.2) is 9.97 Å². The lowest BCUT2D eigenvalue weighted by Crippen LogP contribution is -1.97. The summed E-state index contributed by atoms with van der Waals surface area (Å²) >= 11 is 1.49. The molecule has 0 atom stereocenters. The molecule has 3 aromatic rings. The minimum absolute atomic E-state index is 0.246. The van der Waals surface area contributed by atoms with E-state index >= 15 is 0 Å². The van der Waals surface area contributed by atoms with Crippen molar-refractivity contribution in [1.82, 2.24) is 9.97 Å². The van der Waals surface area contributed by atoms with Crippen molar-refractivity contribution in [2.45, 2.75) is 9.92 Å². The van der Waals surface area contributed by atoms with Gasteiger partial charge in [0.1, 0.15) is 10.8 Å². The number of aromatic hydroxyl groups is 1. The van der Waals surface area contributed by atoms with Crippen LogP contribution in [0.15, 0.2) is 70.7 Å². The Hall–Kier alpha value is -2.79. The monoisotopic (exact) mass is 321 g/mol. The zero-order valence-corrected chi connectivity index (χ0v) is 13.1. The molecule has 0 fully saturated rings. The first-order valence-corrected chi connectivity index (χ1v) is 7.85. The Morgan fingerprint density at radius 1 is 0.957 bits per heavy atom. The Morgan fingerprint density at radius 3 is 2.43 bits per heavy atom. The molecule has 0 aliphatic carbocycles. The van der Waals surface area contributed by atoms with Crippen LogP contribution in [0.4, 0.5) is 5.82 Å². The SMILES string of the molecule is Nc1ncc(/C=C/c2ccc(O)cc2)nc1Sc1ccccc1. The number of hydrogen-bond acceptors (Lipinski definition) is 5. The highest BCUT2D eigenvalue weighted by Gasteiger charge is 2.05. The molecule has 2 aromatic carbocycles. The summed E-state index contributed by atoms with van der Waals surface area (Å²) in [7, 11) is 0. The van der Waals surface area contributed by atoms with Gasteiger partial charge in [0.05, 0.1) is 11.9 Å². The maximum absolute atomic E-state index is 9.29. The molecule has 0 unspecified atom stereocenters. The number of anilines is 1. The molecule has 0 aliphatic heterocycles. The highest BCUT2D eigenvalue weighted by molar-refractivity contribution is 7.99. The average Bonchev–Trinajstić information content (AvgIpc) is 2.58. The van der Waals surface area contributed by atoms with Crippen molar-refractivity contribution in [1.29, 1.82) is 0 Å². The summed E-state index contributed by atoms with van der Waals surface area (Å²) in [6, 6.07) is 16.9. The summed E-state index contributed by atoms with van der Waals surface area (Å²) in [5.41, 5.74) is 7.61. The zero-order valence-electron chi connectivity index (χ0n) is 12.3. The van der Waals surface area contributed by atoms with Crippen molar-refractivity contribution in [2.75, 3.05) is 5.73 Å². The summed E-state index contributed by atoms with van der Waals surface area (Å²) in [5, 5.41) is 9.97. The maximum Gasteiger partial charge on any atom is 0.156 e. The van der Waals surface area contributed by atoms with Crippen LogP contribution in [0.2, 0.25) is 0 Å². The van der Waals surface area contributed by atoms with E-state index in [-0.39, 0.29) is 5.75 Å². The molecule has 114 valence electrons. The standard InChI is InChI=1S/C18H15N3OS/c19-17-18(23-16-4-2-1-3-5-16)21-14(12-20-17)9-6-13-7-10-15(22)11-8-13/h1-12,22H,(H2,19,20)/b9-6+. The van der Waals surface area contributed by atoms with Crippen LogP contribution in [0.1, 0.15) is 11.3 Å². The summed E-state index contributed by atoms with van der Waals surface area (Å²) in [4.78, 5) is 9.81. The van der Waals surface area contributed by atoms with Crippen molar-refractivity contribution in [3.63, 3.8) is 0 Å². The Labute approximate surface area is 138 Å². The fourth-order valence-corrected chi connectivity index (χ4v) is 2.74. The Balaban J connectivity index is 1.81. The number of nitrogen functional groups attached to an aromatic ring is 1. The van der Waals surface area contributed by atoms with Gasteiger partial charge in [-0.15, -0.1) is 0 Å². The van der Waals surface area contributed by atoms with Crippen LogP contribution in [0.3, 0.4) is 0 Å². The second-order valence-corrected chi connectivity index (χ2v) is 5.89. The van der Waals surface area contributed by atoms with Crippen LogP contribution >= 0.6 is 11.8 Å². The molecule has 4 nitrogen and oxygen atoms in total. The summed E-state index contributed by atoms with van der Waals surface area (Å²) in [5.74, 6) is 0.664. The van der Waals surface area contributed by atoms with Crippen molar-refractivity contribution in [3.05, 3.63) is 72.1 Å². The molecule has 3 N–H and O–H groups in total. The molecular formula is C18H15N3OS. The molecule has 1 heterocycles. The van der Waals surface area contributed by atoms with Gasteiger partial charge in [-0.2, -0.15) is 0 Å². The van der Waals surface area contributed by atoms with E-state index in [4.69, 9.17) is 5.73 Å². The number of nitrogens with two attached hydrogens (primary N) is 1. The molecular weight excluding hydrogens is 306 g/mol. The van der Waals surface area contributed by atoms with Gasteiger partial charge in [0.15, 0.2) is 5.82 Å². The molecule has 1 aromatic heterocycles. The minimum Gasteiger partial charge on any atom is -0.508 e. The van der Waals surface area contributed by atoms with Gasteiger partial charge in [-0.1, -0.05) is 48.2 Å². The Kier molecular flexibility index (Phi) is 4.59. The van der Waals surface area contributed by atoms with Crippen LogP contribution in [-0.4, -0.2) is 15.1 Å².